The number of methoxy groups -OCH3 is 1. The van der Waals surface area contributed by atoms with Gasteiger partial charge in [0.25, 0.3) is 0 Å². The number of amides is 1. The summed E-state index contributed by atoms with van der Waals surface area (Å²) in [6.45, 7) is 0. The van der Waals surface area contributed by atoms with Crippen LogP contribution in [0.1, 0.15) is 33.0 Å². The van der Waals surface area contributed by atoms with Gasteiger partial charge in [-0.15, -0.1) is 0 Å². The van der Waals surface area contributed by atoms with Crippen LogP contribution in [0.4, 0.5) is 5.69 Å². The maximum Gasteiger partial charge on any atom is 0.335 e. The molecule has 0 saturated carbocycles. The number of aromatic nitrogens is 1. The van der Waals surface area contributed by atoms with E-state index in [1.54, 1.807) is 12.1 Å². The third-order valence-electron chi connectivity index (χ3n) is 6.02. The van der Waals surface area contributed by atoms with E-state index < -0.39 is 17.8 Å². The van der Waals surface area contributed by atoms with Gasteiger partial charge in [0.2, 0.25) is 5.91 Å². The molecule has 0 spiro atoms. The van der Waals surface area contributed by atoms with E-state index >= 15 is 0 Å². The fourth-order valence-corrected chi connectivity index (χ4v) is 4.43. The number of hydrogen-bond donors (Lipinski definition) is 2. The second-order valence-electron chi connectivity index (χ2n) is 8.43. The van der Waals surface area contributed by atoms with Gasteiger partial charge >= 0.3 is 5.97 Å². The van der Waals surface area contributed by atoms with E-state index in [-0.39, 0.29) is 22.6 Å². The molecular weight excluding hydrogens is 506 g/mol. The predicted octanol–water partition coefficient (Wildman–Crippen LogP) is 5.18. The van der Waals surface area contributed by atoms with E-state index in [0.29, 0.717) is 32.9 Å². The Morgan fingerprint density at radius 2 is 1.82 bits per heavy atom. The summed E-state index contributed by atoms with van der Waals surface area (Å²) in [5.41, 5.74) is 2.60. The summed E-state index contributed by atoms with van der Waals surface area (Å²) in [6, 6.07) is 21.9. The SMILES string of the molecule is COc1cc[n+]([O-])cc1-c1cc(Cl)cc(C(Cc2ccccc2)C(=O)Nc2ccc(C(=O)O)cc2)c1C#N. The van der Waals surface area contributed by atoms with Crippen molar-refractivity contribution >= 4 is 29.2 Å². The van der Waals surface area contributed by atoms with Crippen LogP contribution in [-0.2, 0) is 11.2 Å². The number of nitriles is 1. The normalized spacial score (nSPS) is 11.3. The largest absolute Gasteiger partial charge is 0.619 e. The van der Waals surface area contributed by atoms with Crippen molar-refractivity contribution in [1.82, 2.24) is 0 Å². The van der Waals surface area contributed by atoms with Gasteiger partial charge in [-0.3, -0.25) is 4.79 Å². The van der Waals surface area contributed by atoms with Gasteiger partial charge < -0.3 is 20.4 Å². The molecule has 0 aliphatic heterocycles. The molecule has 0 saturated heterocycles. The molecule has 2 N–H and O–H groups in total. The number of nitrogens with one attached hydrogen (secondary N) is 1. The number of halogens is 1. The molecule has 1 atom stereocenters. The van der Waals surface area contributed by atoms with Crippen LogP contribution in [0.5, 0.6) is 5.75 Å². The number of carboxylic acid groups (broad SMARTS) is 1. The number of carbonyl (C=O) groups is 2. The lowest BCUT2D eigenvalue weighted by Gasteiger charge is -2.21. The molecule has 1 aromatic heterocycles. The molecule has 0 bridgehead atoms. The van der Waals surface area contributed by atoms with Crippen LogP contribution >= 0.6 is 11.6 Å². The molecule has 1 amide bonds. The van der Waals surface area contributed by atoms with Crippen molar-refractivity contribution in [2.24, 2.45) is 0 Å². The van der Waals surface area contributed by atoms with Crippen molar-refractivity contribution in [3.63, 3.8) is 0 Å². The van der Waals surface area contributed by atoms with Crippen LogP contribution in [0.15, 0.2) is 85.2 Å². The molecule has 1 unspecified atom stereocenters. The molecular formula is C29H22ClN3O5. The van der Waals surface area contributed by atoms with Gasteiger partial charge in [-0.25, -0.2) is 4.79 Å². The topological polar surface area (TPSA) is 126 Å². The first-order chi connectivity index (χ1) is 18.3. The van der Waals surface area contributed by atoms with Crippen LogP contribution in [0.2, 0.25) is 5.02 Å². The van der Waals surface area contributed by atoms with E-state index in [9.17, 15) is 20.1 Å². The lowest BCUT2D eigenvalue weighted by molar-refractivity contribution is -0.604. The molecule has 0 aliphatic rings. The van der Waals surface area contributed by atoms with E-state index in [2.05, 4.69) is 11.4 Å². The van der Waals surface area contributed by atoms with Crippen molar-refractivity contribution in [2.75, 3.05) is 12.4 Å². The highest BCUT2D eigenvalue weighted by molar-refractivity contribution is 6.31. The molecule has 8 nitrogen and oxygen atoms in total. The highest BCUT2D eigenvalue weighted by atomic mass is 35.5. The van der Waals surface area contributed by atoms with Crippen molar-refractivity contribution in [1.29, 1.82) is 5.26 Å². The number of pyridine rings is 1. The summed E-state index contributed by atoms with van der Waals surface area (Å²) in [7, 11) is 1.45. The lowest BCUT2D eigenvalue weighted by atomic mass is 9.85. The fourth-order valence-electron chi connectivity index (χ4n) is 4.20. The summed E-state index contributed by atoms with van der Waals surface area (Å²) in [4.78, 5) is 24.9. The van der Waals surface area contributed by atoms with Crippen molar-refractivity contribution < 1.29 is 24.2 Å². The third-order valence-corrected chi connectivity index (χ3v) is 6.24. The minimum atomic E-state index is -1.08. The van der Waals surface area contributed by atoms with Gasteiger partial charge in [0.05, 0.1) is 29.7 Å². The van der Waals surface area contributed by atoms with Gasteiger partial charge in [-0.2, -0.15) is 9.99 Å². The number of rotatable bonds is 8. The van der Waals surface area contributed by atoms with Gasteiger partial charge in [-0.05, 0) is 53.9 Å². The van der Waals surface area contributed by atoms with Crippen molar-refractivity contribution in [3.8, 4) is 22.9 Å². The molecule has 9 heteroatoms. The molecule has 0 radical (unpaired) electrons. The monoisotopic (exact) mass is 527 g/mol. The Hall–Kier alpha value is -4.87. The zero-order valence-corrected chi connectivity index (χ0v) is 21.0. The van der Waals surface area contributed by atoms with Crippen LogP contribution in [0.3, 0.4) is 0 Å². The van der Waals surface area contributed by atoms with Gasteiger partial charge in [0, 0.05) is 22.3 Å². The summed E-state index contributed by atoms with van der Waals surface area (Å²) >= 11 is 6.50. The number of carboxylic acids is 1. The molecule has 38 heavy (non-hydrogen) atoms. The highest BCUT2D eigenvalue weighted by Gasteiger charge is 2.28. The summed E-state index contributed by atoms with van der Waals surface area (Å²) in [5, 5.41) is 34.6. The molecule has 0 aliphatic carbocycles. The average molecular weight is 528 g/mol. The lowest BCUT2D eigenvalue weighted by Crippen LogP contribution is -2.25. The summed E-state index contributed by atoms with van der Waals surface area (Å²) in [5.74, 6) is -1.98. The number of aromatic carboxylic acids is 1. The molecule has 190 valence electrons. The molecule has 1 heterocycles. The Labute approximate surface area is 223 Å². The smallest absolute Gasteiger partial charge is 0.335 e. The Morgan fingerprint density at radius 3 is 2.45 bits per heavy atom. The Morgan fingerprint density at radius 1 is 1.11 bits per heavy atom. The van der Waals surface area contributed by atoms with Crippen LogP contribution in [0.25, 0.3) is 11.1 Å². The highest BCUT2D eigenvalue weighted by Crippen LogP contribution is 2.38. The van der Waals surface area contributed by atoms with Crippen LogP contribution in [0, 0.1) is 16.5 Å². The van der Waals surface area contributed by atoms with E-state index in [1.165, 1.54) is 49.8 Å². The Bertz CT molecular complexity index is 1530. The predicted molar refractivity (Wildman–Crippen MR) is 142 cm³/mol. The van der Waals surface area contributed by atoms with E-state index in [1.807, 2.05) is 30.3 Å². The molecule has 4 aromatic rings. The molecule has 0 fully saturated rings. The number of hydrogen-bond acceptors (Lipinski definition) is 5. The Balaban J connectivity index is 1.84. The van der Waals surface area contributed by atoms with Crippen LogP contribution < -0.4 is 14.8 Å². The minimum absolute atomic E-state index is 0.0857. The zero-order valence-electron chi connectivity index (χ0n) is 20.2. The zero-order chi connectivity index (χ0) is 27.2. The maximum absolute atomic E-state index is 13.7. The van der Waals surface area contributed by atoms with Crippen molar-refractivity contribution in [2.45, 2.75) is 12.3 Å². The Kier molecular flexibility index (Phi) is 7.90. The maximum atomic E-state index is 13.7. The first kappa shape index (κ1) is 26.2. The number of carbonyl (C=O) groups excluding carboxylic acids is 1. The minimum Gasteiger partial charge on any atom is -0.619 e. The summed E-state index contributed by atoms with van der Waals surface area (Å²) in [6.07, 6.45) is 2.81. The number of nitrogens with zero attached hydrogens (tertiary/aromatic N) is 2. The molecule has 4 rings (SSSR count). The quantitative estimate of drug-likeness (QED) is 0.240. The first-order valence-corrected chi connectivity index (χ1v) is 11.9. The second-order valence-corrected chi connectivity index (χ2v) is 8.87. The second kappa shape index (κ2) is 11.5. The van der Waals surface area contributed by atoms with Gasteiger partial charge in [-0.1, -0.05) is 41.9 Å². The van der Waals surface area contributed by atoms with Crippen LogP contribution in [-0.4, -0.2) is 24.1 Å². The fraction of sp³-hybridized carbons (Fsp3) is 0.103. The van der Waals surface area contributed by atoms with E-state index in [4.69, 9.17) is 21.4 Å². The summed E-state index contributed by atoms with van der Waals surface area (Å²) < 4.78 is 6.01. The van der Waals surface area contributed by atoms with Gasteiger partial charge in [0.15, 0.2) is 12.4 Å². The standard InChI is InChI=1S/C29H22ClN3O5/c1-38-27-11-12-33(37)17-26(27)23-15-20(30)14-22(25(23)16-31)24(13-18-5-3-2-4-6-18)28(34)32-21-9-7-19(8-10-21)29(35)36/h2-12,14-15,17,24H,13H2,1H3,(H,32,34)(H,35,36). The third kappa shape index (κ3) is 5.75. The number of ether oxygens (including phenoxy) is 1. The molecule has 3 aromatic carbocycles. The van der Waals surface area contributed by atoms with E-state index in [0.717, 1.165) is 5.56 Å². The van der Waals surface area contributed by atoms with Crippen molar-refractivity contribution in [3.05, 3.63) is 118 Å². The average Bonchev–Trinajstić information content (AvgIpc) is 2.92. The van der Waals surface area contributed by atoms with Gasteiger partial charge in [0.1, 0.15) is 11.8 Å². The number of benzene rings is 3. The number of anilines is 1. The first-order valence-electron chi connectivity index (χ1n) is 11.5.